The van der Waals surface area contributed by atoms with Crippen LogP contribution in [0.25, 0.3) is 0 Å². The molecule has 0 spiro atoms. The van der Waals surface area contributed by atoms with E-state index in [-0.39, 0.29) is 11.4 Å². The van der Waals surface area contributed by atoms with Crippen molar-refractivity contribution in [2.24, 2.45) is 0 Å². The molecule has 6 heteroatoms. The summed E-state index contributed by atoms with van der Waals surface area (Å²) in [4.78, 5) is 10.2. The normalized spacial score (nSPS) is 10.6. The number of nitrogens with zero attached hydrogens (tertiary/aromatic N) is 1. The van der Waals surface area contributed by atoms with Gasteiger partial charge in [-0.15, -0.1) is 0 Å². The van der Waals surface area contributed by atoms with Gasteiger partial charge in [0, 0.05) is 12.1 Å². The lowest BCUT2D eigenvalue weighted by atomic mass is 10.1. The van der Waals surface area contributed by atoms with Crippen molar-refractivity contribution in [1.29, 1.82) is 0 Å². The predicted molar refractivity (Wildman–Crippen MR) is 84.7 cm³/mol. The van der Waals surface area contributed by atoms with E-state index in [1.54, 1.807) is 0 Å². The minimum atomic E-state index is -0.559. The fourth-order valence-corrected chi connectivity index (χ4v) is 2.26. The molecule has 0 N–H and O–H groups in total. The number of hydrogen-bond donors (Lipinski definition) is 1. The molecular weight excluding hydrogens is 293 g/mol. The molecule has 0 heterocycles. The highest BCUT2D eigenvalue weighted by Crippen LogP contribution is 2.27. The summed E-state index contributed by atoms with van der Waals surface area (Å²) < 4.78 is 18.4. The second-order valence-electron chi connectivity index (χ2n) is 4.92. The Morgan fingerprint density at radius 3 is 2.33 bits per heavy atom. The third-order valence-corrected chi connectivity index (χ3v) is 3.49. The highest BCUT2D eigenvalue weighted by molar-refractivity contribution is 7.80. The highest BCUT2D eigenvalue weighted by atomic mass is 32.1. The van der Waals surface area contributed by atoms with Gasteiger partial charge in [0.15, 0.2) is 5.75 Å². The van der Waals surface area contributed by atoms with Crippen LogP contribution in [0.1, 0.15) is 44.9 Å². The third-order valence-electron chi connectivity index (χ3n) is 3.18. The number of unbranched alkanes of at least 4 members (excludes halogenated alkanes) is 6. The van der Waals surface area contributed by atoms with Gasteiger partial charge in [-0.2, -0.15) is 12.6 Å². The number of hydrogen-bond acceptors (Lipinski definition) is 4. The van der Waals surface area contributed by atoms with Crippen molar-refractivity contribution in [3.8, 4) is 5.75 Å². The largest absolute Gasteiger partial charge is 0.487 e. The zero-order valence-electron chi connectivity index (χ0n) is 12.1. The van der Waals surface area contributed by atoms with E-state index < -0.39 is 10.7 Å². The van der Waals surface area contributed by atoms with Crippen molar-refractivity contribution in [3.05, 3.63) is 34.1 Å². The first-order chi connectivity index (χ1) is 10.1. The third kappa shape index (κ3) is 7.32. The van der Waals surface area contributed by atoms with Crippen LogP contribution in [0.4, 0.5) is 10.1 Å². The molecule has 0 saturated heterocycles. The van der Waals surface area contributed by atoms with Crippen molar-refractivity contribution >= 4 is 18.3 Å². The van der Waals surface area contributed by atoms with Gasteiger partial charge in [0.1, 0.15) is 5.82 Å². The van der Waals surface area contributed by atoms with Crippen molar-refractivity contribution in [2.45, 2.75) is 44.9 Å². The molecular formula is C15H22FNO3S. The summed E-state index contributed by atoms with van der Waals surface area (Å²) in [5, 5.41) is 10.8. The number of thiol groups is 1. The zero-order valence-corrected chi connectivity index (χ0v) is 13.0. The summed E-state index contributed by atoms with van der Waals surface area (Å²) in [6.07, 6.45) is 7.75. The monoisotopic (exact) mass is 315 g/mol. The van der Waals surface area contributed by atoms with Crippen LogP contribution in [0.2, 0.25) is 0 Å². The number of rotatable bonds is 11. The van der Waals surface area contributed by atoms with Crippen LogP contribution < -0.4 is 4.74 Å². The van der Waals surface area contributed by atoms with Gasteiger partial charge in [-0.25, -0.2) is 4.39 Å². The fraction of sp³-hybridized carbons (Fsp3) is 0.600. The van der Waals surface area contributed by atoms with Gasteiger partial charge in [-0.1, -0.05) is 32.1 Å². The van der Waals surface area contributed by atoms with Gasteiger partial charge in [-0.3, -0.25) is 10.1 Å². The minimum Gasteiger partial charge on any atom is -0.487 e. The van der Waals surface area contributed by atoms with E-state index in [1.807, 2.05) is 0 Å². The fourth-order valence-electron chi connectivity index (χ4n) is 2.03. The van der Waals surface area contributed by atoms with Crippen LogP contribution in [0.3, 0.4) is 0 Å². The first-order valence-electron chi connectivity index (χ1n) is 7.32. The van der Waals surface area contributed by atoms with E-state index in [2.05, 4.69) is 12.6 Å². The first kappa shape index (κ1) is 17.8. The van der Waals surface area contributed by atoms with Gasteiger partial charge in [-0.05, 0) is 24.7 Å². The average molecular weight is 315 g/mol. The number of nitro benzene ring substituents is 1. The Bertz CT molecular complexity index is 443. The first-order valence-corrected chi connectivity index (χ1v) is 7.96. The van der Waals surface area contributed by atoms with Crippen LogP contribution in [-0.4, -0.2) is 17.3 Å². The number of halogens is 1. The molecule has 4 nitrogen and oxygen atoms in total. The topological polar surface area (TPSA) is 52.4 Å². The Balaban J connectivity index is 2.21. The lowest BCUT2D eigenvalue weighted by molar-refractivity contribution is -0.385. The lowest BCUT2D eigenvalue weighted by Crippen LogP contribution is -2.01. The van der Waals surface area contributed by atoms with Crippen molar-refractivity contribution in [3.63, 3.8) is 0 Å². The maximum absolute atomic E-state index is 13.1. The Kier molecular flexibility index (Phi) is 8.82. The van der Waals surface area contributed by atoms with E-state index in [1.165, 1.54) is 19.3 Å². The molecule has 1 aromatic rings. The average Bonchev–Trinajstić information content (AvgIpc) is 2.45. The van der Waals surface area contributed by atoms with Crippen LogP contribution in [-0.2, 0) is 0 Å². The number of benzene rings is 1. The summed E-state index contributed by atoms with van der Waals surface area (Å²) in [5.41, 5.74) is -0.192. The van der Waals surface area contributed by atoms with Gasteiger partial charge in [0.25, 0.3) is 0 Å². The summed E-state index contributed by atoms with van der Waals surface area (Å²) in [6.45, 7) is 0.376. The van der Waals surface area contributed by atoms with Crippen molar-refractivity contribution < 1.29 is 14.1 Å². The summed E-state index contributed by atoms with van der Waals surface area (Å²) >= 11 is 4.17. The van der Waals surface area contributed by atoms with Crippen molar-refractivity contribution in [1.82, 2.24) is 0 Å². The Morgan fingerprint density at radius 2 is 1.71 bits per heavy atom. The lowest BCUT2D eigenvalue weighted by Gasteiger charge is -2.07. The molecule has 0 amide bonds. The second kappa shape index (κ2) is 10.4. The molecule has 0 radical (unpaired) electrons. The van der Waals surface area contributed by atoms with Crippen LogP contribution in [0, 0.1) is 15.9 Å². The van der Waals surface area contributed by atoms with Crippen molar-refractivity contribution in [2.75, 3.05) is 12.4 Å². The predicted octanol–water partition coefficient (Wildman–Crippen LogP) is 4.77. The SMILES string of the molecule is O=[N+]([O-])c1ccc(F)cc1OCCCCCCCCCS. The quantitative estimate of drug-likeness (QED) is 0.277. The summed E-state index contributed by atoms with van der Waals surface area (Å²) in [7, 11) is 0. The van der Waals surface area contributed by atoms with Crippen LogP contribution >= 0.6 is 12.6 Å². The maximum atomic E-state index is 13.1. The molecule has 0 aromatic heterocycles. The Labute approximate surface area is 130 Å². The smallest absolute Gasteiger partial charge is 0.311 e. The standard InChI is InChI=1S/C15H22FNO3S/c16-13-8-9-14(17(18)19)15(12-13)20-10-6-4-2-1-3-5-7-11-21/h8-9,12,21H,1-7,10-11H2. The van der Waals surface area contributed by atoms with E-state index >= 15 is 0 Å². The molecule has 0 bridgehead atoms. The minimum absolute atomic E-state index is 0.00813. The Hall–Kier alpha value is -1.30. The number of nitro groups is 1. The molecule has 0 fully saturated rings. The van der Waals surface area contributed by atoms with E-state index in [9.17, 15) is 14.5 Å². The van der Waals surface area contributed by atoms with E-state index in [4.69, 9.17) is 4.74 Å². The molecule has 0 aliphatic rings. The molecule has 0 aliphatic carbocycles. The summed E-state index contributed by atoms with van der Waals surface area (Å²) in [5.74, 6) is 0.425. The molecule has 1 rings (SSSR count). The molecule has 0 unspecified atom stereocenters. The molecule has 118 valence electrons. The zero-order chi connectivity index (χ0) is 15.5. The van der Waals surface area contributed by atoms with E-state index in [0.717, 1.165) is 49.6 Å². The van der Waals surface area contributed by atoms with Gasteiger partial charge < -0.3 is 4.74 Å². The highest BCUT2D eigenvalue weighted by Gasteiger charge is 2.15. The molecule has 1 aromatic carbocycles. The number of ether oxygens (including phenoxy) is 1. The second-order valence-corrected chi connectivity index (χ2v) is 5.36. The Morgan fingerprint density at radius 1 is 1.10 bits per heavy atom. The van der Waals surface area contributed by atoms with E-state index in [0.29, 0.717) is 6.61 Å². The van der Waals surface area contributed by atoms with Gasteiger partial charge in [0.2, 0.25) is 0 Å². The van der Waals surface area contributed by atoms with Gasteiger partial charge >= 0.3 is 5.69 Å². The van der Waals surface area contributed by atoms with Gasteiger partial charge in [0.05, 0.1) is 11.5 Å². The molecule has 0 saturated carbocycles. The molecule has 21 heavy (non-hydrogen) atoms. The van der Waals surface area contributed by atoms with Crippen LogP contribution in [0.5, 0.6) is 5.75 Å². The maximum Gasteiger partial charge on any atom is 0.311 e. The molecule has 0 atom stereocenters. The molecule has 0 aliphatic heterocycles. The summed E-state index contributed by atoms with van der Waals surface area (Å²) in [6, 6.07) is 3.26. The van der Waals surface area contributed by atoms with Crippen LogP contribution in [0.15, 0.2) is 18.2 Å².